The smallest absolute Gasteiger partial charge is 0.299 e. The predicted octanol–water partition coefficient (Wildman–Crippen LogP) is 2.03. The molecule has 1 aliphatic carbocycles. The van der Waals surface area contributed by atoms with E-state index < -0.39 is 0 Å². The summed E-state index contributed by atoms with van der Waals surface area (Å²) >= 11 is 0. The molecular formula is C11H18N2O. The molecule has 0 N–H and O–H groups in total. The van der Waals surface area contributed by atoms with Gasteiger partial charge in [0.05, 0.1) is 0 Å². The van der Waals surface area contributed by atoms with Gasteiger partial charge in [-0.1, -0.05) is 6.42 Å². The van der Waals surface area contributed by atoms with Crippen LogP contribution in [0.1, 0.15) is 39.2 Å². The highest BCUT2D eigenvalue weighted by atomic mass is 16.1. The lowest BCUT2D eigenvalue weighted by Crippen LogP contribution is -2.29. The fraction of sp³-hybridized carbons (Fsp3) is 0.727. The van der Waals surface area contributed by atoms with E-state index in [2.05, 4.69) is 0 Å². The highest BCUT2D eigenvalue weighted by Gasteiger charge is 2.19. The summed E-state index contributed by atoms with van der Waals surface area (Å²) in [5, 5.41) is 0. The second-order valence-electron chi connectivity index (χ2n) is 4.53. The van der Waals surface area contributed by atoms with Crippen LogP contribution in [-0.4, -0.2) is 9.13 Å². The van der Waals surface area contributed by atoms with Crippen molar-refractivity contribution in [1.29, 1.82) is 0 Å². The first kappa shape index (κ1) is 9.56. The standard InChI is InChI=1S/C11H18N2O/c1-9(2)13-7-6-12(11(13)14)8-10-4-3-5-10/h6-7,9-10H,3-5,8H2,1-2H3. The van der Waals surface area contributed by atoms with Crippen LogP contribution >= 0.6 is 0 Å². The van der Waals surface area contributed by atoms with Gasteiger partial charge in [0.2, 0.25) is 0 Å². The van der Waals surface area contributed by atoms with Gasteiger partial charge in [-0.25, -0.2) is 4.79 Å². The third-order valence-corrected chi connectivity index (χ3v) is 3.11. The average Bonchev–Trinajstić information content (AvgIpc) is 2.40. The minimum Gasteiger partial charge on any atom is -0.299 e. The molecular weight excluding hydrogens is 176 g/mol. The Morgan fingerprint density at radius 3 is 2.57 bits per heavy atom. The van der Waals surface area contributed by atoms with E-state index in [1.165, 1.54) is 19.3 Å². The Labute approximate surface area is 84.4 Å². The molecule has 1 aromatic heterocycles. The van der Waals surface area contributed by atoms with Crippen LogP contribution in [0.15, 0.2) is 17.2 Å². The van der Waals surface area contributed by atoms with E-state index >= 15 is 0 Å². The van der Waals surface area contributed by atoms with Crippen LogP contribution < -0.4 is 5.69 Å². The molecule has 0 aliphatic heterocycles. The molecule has 1 heterocycles. The van der Waals surface area contributed by atoms with Gasteiger partial charge in [-0.05, 0) is 32.6 Å². The Morgan fingerprint density at radius 1 is 1.43 bits per heavy atom. The Morgan fingerprint density at radius 2 is 2.14 bits per heavy atom. The molecule has 1 aliphatic rings. The van der Waals surface area contributed by atoms with Crippen molar-refractivity contribution >= 4 is 0 Å². The van der Waals surface area contributed by atoms with Gasteiger partial charge in [0.1, 0.15) is 0 Å². The lowest BCUT2D eigenvalue weighted by atomic mass is 9.85. The summed E-state index contributed by atoms with van der Waals surface area (Å²) in [5.74, 6) is 0.746. The number of hydrogen-bond acceptors (Lipinski definition) is 1. The molecule has 3 heteroatoms. The van der Waals surface area contributed by atoms with Crippen molar-refractivity contribution < 1.29 is 0 Å². The molecule has 0 spiro atoms. The van der Waals surface area contributed by atoms with Crippen molar-refractivity contribution in [2.24, 2.45) is 5.92 Å². The minimum absolute atomic E-state index is 0.145. The van der Waals surface area contributed by atoms with Crippen LogP contribution in [-0.2, 0) is 6.54 Å². The molecule has 14 heavy (non-hydrogen) atoms. The average molecular weight is 194 g/mol. The highest BCUT2D eigenvalue weighted by Crippen LogP contribution is 2.27. The molecule has 3 nitrogen and oxygen atoms in total. The van der Waals surface area contributed by atoms with Crippen molar-refractivity contribution in [3.8, 4) is 0 Å². The summed E-state index contributed by atoms with van der Waals surface area (Å²) in [5.41, 5.74) is 0.145. The molecule has 0 radical (unpaired) electrons. The Balaban J connectivity index is 2.14. The van der Waals surface area contributed by atoms with Gasteiger partial charge in [0.25, 0.3) is 0 Å². The quantitative estimate of drug-likeness (QED) is 0.723. The fourth-order valence-electron chi connectivity index (χ4n) is 1.91. The Bertz CT molecular complexity index is 358. The van der Waals surface area contributed by atoms with Gasteiger partial charge in [-0.2, -0.15) is 0 Å². The first-order valence-electron chi connectivity index (χ1n) is 5.45. The van der Waals surface area contributed by atoms with Crippen molar-refractivity contribution in [2.75, 3.05) is 0 Å². The monoisotopic (exact) mass is 194 g/mol. The van der Waals surface area contributed by atoms with Crippen LogP contribution in [0.5, 0.6) is 0 Å². The van der Waals surface area contributed by atoms with Crippen LogP contribution in [0, 0.1) is 5.92 Å². The van der Waals surface area contributed by atoms with Crippen molar-refractivity contribution in [1.82, 2.24) is 9.13 Å². The van der Waals surface area contributed by atoms with Crippen LogP contribution in [0.2, 0.25) is 0 Å². The van der Waals surface area contributed by atoms with Crippen molar-refractivity contribution in [2.45, 2.75) is 45.7 Å². The Kier molecular flexibility index (Phi) is 2.48. The lowest BCUT2D eigenvalue weighted by molar-refractivity contribution is 0.272. The lowest BCUT2D eigenvalue weighted by Gasteiger charge is -2.25. The van der Waals surface area contributed by atoms with Gasteiger partial charge in [-0.3, -0.25) is 9.13 Å². The van der Waals surface area contributed by atoms with E-state index in [-0.39, 0.29) is 11.7 Å². The number of nitrogens with zero attached hydrogens (tertiary/aromatic N) is 2. The topological polar surface area (TPSA) is 26.9 Å². The predicted molar refractivity (Wildman–Crippen MR) is 56.4 cm³/mol. The zero-order valence-electron chi connectivity index (χ0n) is 8.94. The molecule has 0 aromatic carbocycles. The number of imidazole rings is 1. The summed E-state index contributed by atoms with van der Waals surface area (Å²) in [6, 6.07) is 0.269. The van der Waals surface area contributed by atoms with Gasteiger partial charge in [-0.15, -0.1) is 0 Å². The summed E-state index contributed by atoms with van der Waals surface area (Å²) in [7, 11) is 0. The van der Waals surface area contributed by atoms with Gasteiger partial charge in [0, 0.05) is 25.0 Å². The normalized spacial score (nSPS) is 17.4. The molecule has 78 valence electrons. The molecule has 0 unspecified atom stereocenters. The second kappa shape index (κ2) is 3.64. The number of rotatable bonds is 3. The third kappa shape index (κ3) is 1.63. The van der Waals surface area contributed by atoms with Crippen molar-refractivity contribution in [3.05, 3.63) is 22.9 Å². The maximum Gasteiger partial charge on any atom is 0.328 e. The summed E-state index contributed by atoms with van der Waals surface area (Å²) in [6.07, 6.45) is 7.73. The maximum atomic E-state index is 11.8. The maximum absolute atomic E-state index is 11.8. The highest BCUT2D eigenvalue weighted by molar-refractivity contribution is 4.85. The largest absolute Gasteiger partial charge is 0.328 e. The van der Waals surface area contributed by atoms with Gasteiger partial charge >= 0.3 is 5.69 Å². The van der Waals surface area contributed by atoms with Crippen LogP contribution in [0.4, 0.5) is 0 Å². The zero-order chi connectivity index (χ0) is 10.1. The molecule has 0 amide bonds. The zero-order valence-corrected chi connectivity index (χ0v) is 8.94. The van der Waals surface area contributed by atoms with E-state index in [1.807, 2.05) is 30.8 Å². The first-order chi connectivity index (χ1) is 6.68. The first-order valence-corrected chi connectivity index (χ1v) is 5.45. The van der Waals surface area contributed by atoms with E-state index in [4.69, 9.17) is 0 Å². The summed E-state index contributed by atoms with van der Waals surface area (Å²) in [4.78, 5) is 11.8. The van der Waals surface area contributed by atoms with E-state index in [9.17, 15) is 4.79 Å². The van der Waals surface area contributed by atoms with Gasteiger partial charge < -0.3 is 0 Å². The molecule has 0 saturated heterocycles. The SMILES string of the molecule is CC(C)n1ccn(CC2CCC2)c1=O. The molecule has 0 bridgehead atoms. The molecule has 1 saturated carbocycles. The van der Waals surface area contributed by atoms with Crippen LogP contribution in [0.25, 0.3) is 0 Å². The van der Waals surface area contributed by atoms with Crippen LogP contribution in [0.3, 0.4) is 0 Å². The summed E-state index contributed by atoms with van der Waals surface area (Å²) < 4.78 is 3.64. The fourth-order valence-corrected chi connectivity index (χ4v) is 1.91. The van der Waals surface area contributed by atoms with E-state index in [0.29, 0.717) is 0 Å². The molecule has 0 atom stereocenters. The number of hydrogen-bond donors (Lipinski definition) is 0. The molecule has 1 fully saturated rings. The third-order valence-electron chi connectivity index (χ3n) is 3.11. The number of aromatic nitrogens is 2. The van der Waals surface area contributed by atoms with Crippen molar-refractivity contribution in [3.63, 3.8) is 0 Å². The summed E-state index contributed by atoms with van der Waals surface area (Å²) in [6.45, 7) is 4.99. The van der Waals surface area contributed by atoms with E-state index in [1.54, 1.807) is 4.57 Å². The minimum atomic E-state index is 0.145. The second-order valence-corrected chi connectivity index (χ2v) is 4.53. The molecule has 1 aromatic rings. The van der Waals surface area contributed by atoms with E-state index in [0.717, 1.165) is 12.5 Å². The molecule has 2 rings (SSSR count). The van der Waals surface area contributed by atoms with Gasteiger partial charge in [0.15, 0.2) is 0 Å². The Hall–Kier alpha value is -0.990.